The number of pyridine rings is 1. The van der Waals surface area contributed by atoms with Crippen LogP contribution in [-0.4, -0.2) is 69.7 Å². The fourth-order valence-corrected chi connectivity index (χ4v) is 4.17. The van der Waals surface area contributed by atoms with Crippen molar-refractivity contribution in [2.24, 2.45) is 7.05 Å². The Bertz CT molecular complexity index is 1120. The number of halogens is 1. The molecule has 1 fully saturated rings. The molecule has 1 atom stereocenters. The largest absolute Gasteiger partial charge is 0.468 e. The molecule has 1 unspecified atom stereocenters. The van der Waals surface area contributed by atoms with Gasteiger partial charge in [-0.05, 0) is 30.7 Å². The molecule has 0 bridgehead atoms. The van der Waals surface area contributed by atoms with Gasteiger partial charge >= 0.3 is 5.97 Å². The van der Waals surface area contributed by atoms with Gasteiger partial charge in [0.2, 0.25) is 0 Å². The van der Waals surface area contributed by atoms with Crippen molar-refractivity contribution in [2.45, 2.75) is 13.0 Å². The van der Waals surface area contributed by atoms with Gasteiger partial charge in [-0.25, -0.2) is 9.78 Å². The summed E-state index contributed by atoms with van der Waals surface area (Å²) in [4.78, 5) is 33.8. The van der Waals surface area contributed by atoms with Crippen molar-refractivity contribution in [3.63, 3.8) is 0 Å². The Kier molecular flexibility index (Phi) is 5.93. The van der Waals surface area contributed by atoms with Crippen molar-refractivity contribution in [3.05, 3.63) is 58.4 Å². The van der Waals surface area contributed by atoms with Gasteiger partial charge in [0.05, 0.1) is 18.4 Å². The van der Waals surface area contributed by atoms with Gasteiger partial charge in [-0.3, -0.25) is 14.4 Å². The molecule has 3 aromatic rings. The number of carbonyl (C=O) groups is 2. The molecule has 2 aromatic heterocycles. The summed E-state index contributed by atoms with van der Waals surface area (Å²) < 4.78 is 6.75. The number of hydrogen-bond acceptors (Lipinski definition) is 6. The first kappa shape index (κ1) is 21.3. The van der Waals surface area contributed by atoms with E-state index in [0.717, 1.165) is 22.3 Å². The topological polar surface area (TPSA) is 80.6 Å². The molecule has 1 amide bonds. The molecule has 0 N–H and O–H groups in total. The number of aromatic nitrogens is 3. The van der Waals surface area contributed by atoms with Gasteiger partial charge in [0.1, 0.15) is 6.04 Å². The third kappa shape index (κ3) is 4.13. The van der Waals surface area contributed by atoms with E-state index < -0.39 is 6.04 Å². The van der Waals surface area contributed by atoms with E-state index in [-0.39, 0.29) is 11.9 Å². The third-order valence-corrected chi connectivity index (χ3v) is 5.94. The summed E-state index contributed by atoms with van der Waals surface area (Å²) in [7, 11) is 3.22. The standard InChI is InChI=1S/C22H24ClN5O3/c1-14-18-12-16(13-24-20(18)26(2)25-14)21(29)28-10-8-27(9-11-28)19(22(30)31-3)15-4-6-17(23)7-5-15/h4-7,12-13,19H,8-11H2,1-3H3. The lowest BCUT2D eigenvalue weighted by Crippen LogP contribution is -2.51. The maximum Gasteiger partial charge on any atom is 0.327 e. The summed E-state index contributed by atoms with van der Waals surface area (Å²) in [5.74, 6) is -0.401. The lowest BCUT2D eigenvalue weighted by molar-refractivity contribution is -0.148. The molecule has 0 saturated carbocycles. The van der Waals surface area contributed by atoms with Crippen LogP contribution in [-0.2, 0) is 16.6 Å². The number of rotatable bonds is 4. The molecule has 0 aliphatic carbocycles. The second kappa shape index (κ2) is 8.64. The summed E-state index contributed by atoms with van der Waals surface area (Å²) >= 11 is 5.99. The number of methoxy groups -OCH3 is 1. The Labute approximate surface area is 185 Å². The van der Waals surface area contributed by atoms with Crippen LogP contribution in [0.5, 0.6) is 0 Å². The zero-order valence-electron chi connectivity index (χ0n) is 17.7. The minimum Gasteiger partial charge on any atom is -0.468 e. The zero-order chi connectivity index (χ0) is 22.1. The maximum atomic E-state index is 13.1. The molecule has 3 heterocycles. The quantitative estimate of drug-likeness (QED) is 0.579. The highest BCUT2D eigenvalue weighted by atomic mass is 35.5. The number of ether oxygens (including phenoxy) is 1. The first-order valence-corrected chi connectivity index (χ1v) is 10.4. The average Bonchev–Trinajstić information content (AvgIpc) is 3.08. The number of piperazine rings is 1. The van der Waals surface area contributed by atoms with E-state index >= 15 is 0 Å². The minimum atomic E-state index is -0.532. The first-order valence-electron chi connectivity index (χ1n) is 10.0. The van der Waals surface area contributed by atoms with Gasteiger partial charge in [-0.2, -0.15) is 5.10 Å². The number of esters is 1. The van der Waals surface area contributed by atoms with E-state index in [2.05, 4.69) is 10.1 Å². The highest BCUT2D eigenvalue weighted by Crippen LogP contribution is 2.26. The van der Waals surface area contributed by atoms with Crippen molar-refractivity contribution in [1.82, 2.24) is 24.6 Å². The van der Waals surface area contributed by atoms with Crippen LogP contribution in [0.15, 0.2) is 36.5 Å². The summed E-state index contributed by atoms with van der Waals surface area (Å²) in [5, 5.41) is 5.85. The Morgan fingerprint density at radius 3 is 2.45 bits per heavy atom. The molecule has 0 spiro atoms. The minimum absolute atomic E-state index is 0.0709. The van der Waals surface area contributed by atoms with Gasteiger partial charge in [-0.1, -0.05) is 23.7 Å². The monoisotopic (exact) mass is 441 g/mol. The number of hydrogen-bond donors (Lipinski definition) is 0. The molecule has 0 radical (unpaired) electrons. The molecule has 4 rings (SSSR count). The smallest absolute Gasteiger partial charge is 0.327 e. The molecule has 31 heavy (non-hydrogen) atoms. The van der Waals surface area contributed by atoms with Crippen LogP contribution in [0.25, 0.3) is 11.0 Å². The van der Waals surface area contributed by atoms with Gasteiger partial charge in [0, 0.05) is 49.8 Å². The van der Waals surface area contributed by atoms with Gasteiger partial charge in [-0.15, -0.1) is 0 Å². The molecule has 1 aromatic carbocycles. The first-order chi connectivity index (χ1) is 14.9. The molecule has 1 aliphatic rings. The molecular weight excluding hydrogens is 418 g/mol. The van der Waals surface area contributed by atoms with Gasteiger partial charge in [0.25, 0.3) is 5.91 Å². The Morgan fingerprint density at radius 2 is 1.81 bits per heavy atom. The zero-order valence-corrected chi connectivity index (χ0v) is 18.5. The number of nitrogens with zero attached hydrogens (tertiary/aromatic N) is 5. The summed E-state index contributed by atoms with van der Waals surface area (Å²) in [5.41, 5.74) is 2.95. The normalized spacial score (nSPS) is 15.8. The van der Waals surface area contributed by atoms with Crippen LogP contribution in [0.1, 0.15) is 27.7 Å². The van der Waals surface area contributed by atoms with Crippen LogP contribution in [0.2, 0.25) is 5.02 Å². The highest BCUT2D eigenvalue weighted by molar-refractivity contribution is 6.30. The molecule has 162 valence electrons. The number of carbonyl (C=O) groups excluding carboxylic acids is 2. The Hall–Kier alpha value is -2.97. The molecule has 1 saturated heterocycles. The van der Waals surface area contributed by atoms with Gasteiger partial charge in [0.15, 0.2) is 5.65 Å². The fraction of sp³-hybridized carbons (Fsp3) is 0.364. The van der Waals surface area contributed by atoms with E-state index in [1.54, 1.807) is 27.9 Å². The second-order valence-corrected chi connectivity index (χ2v) is 8.05. The SMILES string of the molecule is COC(=O)C(c1ccc(Cl)cc1)N1CCN(C(=O)c2cnc3c(c2)c(C)nn3C)CC1. The second-order valence-electron chi connectivity index (χ2n) is 7.61. The Balaban J connectivity index is 1.49. The number of fused-ring (bicyclic) bond motifs is 1. The average molecular weight is 442 g/mol. The lowest BCUT2D eigenvalue weighted by atomic mass is 10.0. The predicted octanol–water partition coefficient (Wildman–Crippen LogP) is 2.60. The van der Waals surface area contributed by atoms with E-state index in [1.165, 1.54) is 7.11 Å². The molecule has 8 nitrogen and oxygen atoms in total. The lowest BCUT2D eigenvalue weighted by Gasteiger charge is -2.38. The summed E-state index contributed by atoms with van der Waals surface area (Å²) in [6.07, 6.45) is 1.60. The van der Waals surface area contributed by atoms with Crippen LogP contribution in [0, 0.1) is 6.92 Å². The predicted molar refractivity (Wildman–Crippen MR) is 117 cm³/mol. The fourth-order valence-electron chi connectivity index (χ4n) is 4.04. The number of aryl methyl sites for hydroxylation is 2. The van der Waals surface area contributed by atoms with Crippen LogP contribution < -0.4 is 0 Å². The maximum absolute atomic E-state index is 13.1. The summed E-state index contributed by atoms with van der Waals surface area (Å²) in [6.45, 7) is 4.01. The van der Waals surface area contributed by atoms with Crippen LogP contribution in [0.3, 0.4) is 0 Å². The molecule has 1 aliphatic heterocycles. The van der Waals surface area contributed by atoms with Gasteiger partial charge < -0.3 is 9.64 Å². The van der Waals surface area contributed by atoms with E-state index in [9.17, 15) is 9.59 Å². The van der Waals surface area contributed by atoms with Crippen LogP contribution in [0.4, 0.5) is 0 Å². The van der Waals surface area contributed by atoms with E-state index in [0.29, 0.717) is 36.8 Å². The van der Waals surface area contributed by atoms with Crippen molar-refractivity contribution >= 4 is 34.5 Å². The Morgan fingerprint density at radius 1 is 1.13 bits per heavy atom. The van der Waals surface area contributed by atoms with Crippen molar-refractivity contribution < 1.29 is 14.3 Å². The van der Waals surface area contributed by atoms with Crippen molar-refractivity contribution in [3.8, 4) is 0 Å². The number of benzene rings is 1. The number of amides is 1. The third-order valence-electron chi connectivity index (χ3n) is 5.69. The van der Waals surface area contributed by atoms with E-state index in [4.69, 9.17) is 16.3 Å². The highest BCUT2D eigenvalue weighted by Gasteiger charge is 2.32. The van der Waals surface area contributed by atoms with E-state index in [1.807, 2.05) is 37.1 Å². The van der Waals surface area contributed by atoms with Crippen molar-refractivity contribution in [1.29, 1.82) is 0 Å². The molecule has 9 heteroatoms. The van der Waals surface area contributed by atoms with Crippen LogP contribution >= 0.6 is 11.6 Å². The molecular formula is C22H24ClN5O3. The van der Waals surface area contributed by atoms with Crippen molar-refractivity contribution in [2.75, 3.05) is 33.3 Å². The summed E-state index contributed by atoms with van der Waals surface area (Å²) in [6, 6.07) is 8.50.